The minimum Gasteiger partial charge on any atom is -0.466 e. The molecule has 0 saturated carbocycles. The van der Waals surface area contributed by atoms with Gasteiger partial charge in [-0.1, -0.05) is 0 Å². The minimum atomic E-state index is -0.468. The molecular formula is C15H22BBrO4S. The van der Waals surface area contributed by atoms with Gasteiger partial charge in [-0.3, -0.25) is 4.79 Å². The van der Waals surface area contributed by atoms with Gasteiger partial charge >= 0.3 is 13.1 Å². The Hall–Kier alpha value is -0.365. The molecule has 1 saturated heterocycles. The Morgan fingerprint density at radius 3 is 2.41 bits per heavy atom. The summed E-state index contributed by atoms with van der Waals surface area (Å²) in [6.07, 6.45) is 0.240. The van der Waals surface area contributed by atoms with Gasteiger partial charge in [-0.05, 0) is 62.0 Å². The Morgan fingerprint density at radius 2 is 1.95 bits per heavy atom. The van der Waals surface area contributed by atoms with Crippen molar-refractivity contribution in [3.05, 3.63) is 20.8 Å². The topological polar surface area (TPSA) is 44.8 Å². The average molecular weight is 389 g/mol. The number of carbonyl (C=O) groups excluding carboxylic acids is 1. The molecule has 22 heavy (non-hydrogen) atoms. The van der Waals surface area contributed by atoms with Crippen LogP contribution in [0.1, 0.15) is 51.7 Å². The molecule has 0 radical (unpaired) electrons. The molecule has 7 heteroatoms. The average Bonchev–Trinajstić information content (AvgIpc) is 2.89. The molecule has 4 nitrogen and oxygen atoms in total. The zero-order valence-electron chi connectivity index (χ0n) is 13.6. The van der Waals surface area contributed by atoms with Crippen molar-refractivity contribution < 1.29 is 18.8 Å². The highest BCUT2D eigenvalue weighted by molar-refractivity contribution is 9.10. The van der Waals surface area contributed by atoms with Gasteiger partial charge in [-0.15, -0.1) is 11.3 Å². The summed E-state index contributed by atoms with van der Waals surface area (Å²) in [6, 6.07) is 1.98. The summed E-state index contributed by atoms with van der Waals surface area (Å²) in [5.41, 5.74) is -0.845. The van der Waals surface area contributed by atoms with Gasteiger partial charge in [0, 0.05) is 15.2 Å². The van der Waals surface area contributed by atoms with E-state index in [0.717, 1.165) is 9.35 Å². The van der Waals surface area contributed by atoms with E-state index in [0.29, 0.717) is 6.61 Å². The molecule has 1 unspecified atom stereocenters. The van der Waals surface area contributed by atoms with Crippen LogP contribution in [0.4, 0.5) is 0 Å². The number of carbonyl (C=O) groups is 1. The summed E-state index contributed by atoms with van der Waals surface area (Å²) in [5, 5.41) is 1.99. The van der Waals surface area contributed by atoms with Gasteiger partial charge in [0.2, 0.25) is 0 Å². The lowest BCUT2D eigenvalue weighted by Gasteiger charge is -2.32. The lowest BCUT2D eigenvalue weighted by atomic mass is 9.69. The summed E-state index contributed by atoms with van der Waals surface area (Å²) in [6.45, 7) is 10.2. The largest absolute Gasteiger partial charge is 0.467 e. The van der Waals surface area contributed by atoms with E-state index in [9.17, 15) is 4.79 Å². The van der Waals surface area contributed by atoms with Gasteiger partial charge in [0.15, 0.2) is 0 Å². The molecule has 122 valence electrons. The zero-order chi connectivity index (χ0) is 16.5. The minimum absolute atomic E-state index is 0.186. The maximum Gasteiger partial charge on any atom is 0.467 e. The Bertz CT molecular complexity index is 527. The molecule has 0 amide bonds. The van der Waals surface area contributed by atoms with E-state index < -0.39 is 18.3 Å². The number of thiophene rings is 1. The number of halogens is 1. The SMILES string of the molecule is CCOC(=O)CC(B1OC(C)(C)C(C)(C)O1)c1sccc1Br. The molecule has 2 rings (SSSR count). The summed E-state index contributed by atoms with van der Waals surface area (Å²) < 4.78 is 18.4. The van der Waals surface area contributed by atoms with E-state index in [1.165, 1.54) is 0 Å². The number of hydrogen-bond donors (Lipinski definition) is 0. The van der Waals surface area contributed by atoms with Crippen LogP contribution in [0, 0.1) is 0 Å². The predicted molar refractivity (Wildman–Crippen MR) is 92.1 cm³/mol. The molecule has 0 aromatic carbocycles. The summed E-state index contributed by atoms with van der Waals surface area (Å²) in [7, 11) is -0.468. The second-order valence-corrected chi connectivity index (χ2v) is 8.18. The lowest BCUT2D eigenvalue weighted by molar-refractivity contribution is -0.143. The van der Waals surface area contributed by atoms with Crippen molar-refractivity contribution in [1.82, 2.24) is 0 Å². The van der Waals surface area contributed by atoms with E-state index in [4.69, 9.17) is 14.0 Å². The number of hydrogen-bond acceptors (Lipinski definition) is 5. The van der Waals surface area contributed by atoms with Crippen molar-refractivity contribution in [3.63, 3.8) is 0 Å². The van der Waals surface area contributed by atoms with Crippen LogP contribution in [-0.4, -0.2) is 30.9 Å². The highest BCUT2D eigenvalue weighted by atomic mass is 79.9. The summed E-state index contributed by atoms with van der Waals surface area (Å²) >= 11 is 5.14. The maximum absolute atomic E-state index is 12.0. The van der Waals surface area contributed by atoms with Gasteiger partial charge in [-0.25, -0.2) is 0 Å². The third kappa shape index (κ3) is 3.58. The maximum atomic E-state index is 12.0. The first-order valence-electron chi connectivity index (χ1n) is 7.42. The second-order valence-electron chi connectivity index (χ2n) is 6.37. The Labute approximate surface area is 144 Å². The van der Waals surface area contributed by atoms with Crippen LogP contribution in [0.25, 0.3) is 0 Å². The molecule has 1 fully saturated rings. The van der Waals surface area contributed by atoms with Gasteiger partial charge in [0.05, 0.1) is 24.2 Å². The quantitative estimate of drug-likeness (QED) is 0.560. The lowest BCUT2D eigenvalue weighted by Crippen LogP contribution is -2.41. The molecule has 1 aromatic heterocycles. The Balaban J connectivity index is 2.26. The van der Waals surface area contributed by atoms with Crippen molar-refractivity contribution in [1.29, 1.82) is 0 Å². The highest BCUT2D eigenvalue weighted by Crippen LogP contribution is 2.44. The third-order valence-corrected chi connectivity index (χ3v) is 6.28. The van der Waals surface area contributed by atoms with Crippen LogP contribution in [-0.2, 0) is 18.8 Å². The van der Waals surface area contributed by atoms with Crippen molar-refractivity contribution in [2.45, 2.75) is 58.1 Å². The van der Waals surface area contributed by atoms with Gasteiger partial charge in [-0.2, -0.15) is 0 Å². The molecule has 0 aliphatic carbocycles. The molecule has 0 bridgehead atoms. The van der Waals surface area contributed by atoms with Gasteiger partial charge in [0.1, 0.15) is 0 Å². The van der Waals surface area contributed by atoms with Crippen molar-refractivity contribution >= 4 is 40.4 Å². The monoisotopic (exact) mass is 388 g/mol. The van der Waals surface area contributed by atoms with E-state index in [2.05, 4.69) is 15.9 Å². The second kappa shape index (κ2) is 6.63. The third-order valence-electron chi connectivity index (χ3n) is 4.27. The molecular weight excluding hydrogens is 367 g/mol. The van der Waals surface area contributed by atoms with Crippen LogP contribution < -0.4 is 0 Å². The van der Waals surface area contributed by atoms with Crippen LogP contribution in [0.3, 0.4) is 0 Å². The van der Waals surface area contributed by atoms with E-state index >= 15 is 0 Å². The number of ether oxygens (including phenoxy) is 1. The van der Waals surface area contributed by atoms with Crippen molar-refractivity contribution in [2.24, 2.45) is 0 Å². The Morgan fingerprint density at radius 1 is 1.36 bits per heavy atom. The van der Waals surface area contributed by atoms with E-state index in [-0.39, 0.29) is 18.2 Å². The zero-order valence-corrected chi connectivity index (χ0v) is 16.0. The van der Waals surface area contributed by atoms with Crippen LogP contribution in [0.2, 0.25) is 0 Å². The molecule has 2 heterocycles. The van der Waals surface area contributed by atoms with Crippen molar-refractivity contribution in [2.75, 3.05) is 6.61 Å². The normalized spacial score (nSPS) is 20.9. The fourth-order valence-corrected chi connectivity index (χ4v) is 4.12. The first-order chi connectivity index (χ1) is 10.2. The number of rotatable bonds is 5. The number of esters is 1. The van der Waals surface area contributed by atoms with Crippen LogP contribution >= 0.6 is 27.3 Å². The molecule has 1 aliphatic rings. The van der Waals surface area contributed by atoms with Crippen LogP contribution in [0.5, 0.6) is 0 Å². The smallest absolute Gasteiger partial charge is 0.466 e. The molecule has 0 N–H and O–H groups in total. The molecule has 1 aliphatic heterocycles. The van der Waals surface area contributed by atoms with Crippen molar-refractivity contribution in [3.8, 4) is 0 Å². The fourth-order valence-electron chi connectivity index (χ4n) is 2.33. The highest BCUT2D eigenvalue weighted by Gasteiger charge is 2.54. The standard InChI is InChI=1S/C15H22BBrO4S/c1-6-19-12(18)9-10(13-11(17)7-8-22-13)16-20-14(2,3)15(4,5)21-16/h7-8,10H,6,9H2,1-5H3. The summed E-state index contributed by atoms with van der Waals surface area (Å²) in [4.78, 5) is 13.0. The van der Waals surface area contributed by atoms with Gasteiger partial charge < -0.3 is 14.0 Å². The first kappa shape index (κ1) is 18.0. The molecule has 0 spiro atoms. The van der Waals surface area contributed by atoms with Crippen LogP contribution in [0.15, 0.2) is 15.9 Å². The van der Waals surface area contributed by atoms with E-state index in [1.807, 2.05) is 46.1 Å². The van der Waals surface area contributed by atoms with Gasteiger partial charge in [0.25, 0.3) is 0 Å². The predicted octanol–water partition coefficient (Wildman–Crippen LogP) is 4.18. The molecule has 1 aromatic rings. The van der Waals surface area contributed by atoms with E-state index in [1.54, 1.807) is 11.3 Å². The first-order valence-corrected chi connectivity index (χ1v) is 9.09. The fraction of sp³-hybridized carbons (Fsp3) is 0.667. The Kier molecular flexibility index (Phi) is 5.42. The molecule has 1 atom stereocenters. The summed E-state index contributed by atoms with van der Waals surface area (Å²) in [5.74, 6) is -0.419.